The van der Waals surface area contributed by atoms with Crippen molar-refractivity contribution >= 4 is 28.2 Å². The van der Waals surface area contributed by atoms with E-state index in [0.717, 1.165) is 42.8 Å². The number of hydrogen-bond donors (Lipinski definition) is 2. The van der Waals surface area contributed by atoms with E-state index in [0.29, 0.717) is 0 Å². The molecule has 0 atom stereocenters. The summed E-state index contributed by atoms with van der Waals surface area (Å²) in [7, 11) is 3.86. The SMILES string of the molecule is CN=C(NCCc1c[nH]c2cc(F)ccc12)N(C)CCc1cccs1. The van der Waals surface area contributed by atoms with Crippen molar-refractivity contribution in [1.29, 1.82) is 0 Å². The average Bonchev–Trinajstić information content (AvgIpc) is 3.26. The molecule has 0 saturated heterocycles. The number of aliphatic imine (C=N–C) groups is 1. The van der Waals surface area contributed by atoms with Crippen molar-refractivity contribution in [1.82, 2.24) is 15.2 Å². The van der Waals surface area contributed by atoms with E-state index in [4.69, 9.17) is 0 Å². The topological polar surface area (TPSA) is 43.4 Å². The van der Waals surface area contributed by atoms with Crippen LogP contribution in [0.15, 0.2) is 46.9 Å². The van der Waals surface area contributed by atoms with Gasteiger partial charge in [0.05, 0.1) is 0 Å². The van der Waals surface area contributed by atoms with E-state index in [2.05, 4.69) is 44.8 Å². The number of aromatic nitrogens is 1. The molecule has 0 radical (unpaired) electrons. The zero-order valence-corrected chi connectivity index (χ0v) is 15.4. The number of benzene rings is 1. The molecule has 4 nitrogen and oxygen atoms in total. The van der Waals surface area contributed by atoms with E-state index >= 15 is 0 Å². The summed E-state index contributed by atoms with van der Waals surface area (Å²) >= 11 is 1.79. The molecule has 2 N–H and O–H groups in total. The Morgan fingerprint density at radius 3 is 2.96 bits per heavy atom. The van der Waals surface area contributed by atoms with Gasteiger partial charge in [-0.1, -0.05) is 6.07 Å². The average molecular weight is 358 g/mol. The van der Waals surface area contributed by atoms with E-state index in [1.165, 1.54) is 22.6 Å². The Balaban J connectivity index is 1.52. The van der Waals surface area contributed by atoms with Crippen LogP contribution in [0.5, 0.6) is 0 Å². The van der Waals surface area contributed by atoms with Gasteiger partial charge >= 0.3 is 0 Å². The van der Waals surface area contributed by atoms with Crippen LogP contribution in [0, 0.1) is 5.82 Å². The Morgan fingerprint density at radius 1 is 1.32 bits per heavy atom. The minimum Gasteiger partial charge on any atom is -0.361 e. The highest BCUT2D eigenvalue weighted by Gasteiger charge is 2.08. The number of fused-ring (bicyclic) bond motifs is 1. The van der Waals surface area contributed by atoms with Crippen molar-refractivity contribution in [2.75, 3.05) is 27.2 Å². The fourth-order valence-electron chi connectivity index (χ4n) is 2.90. The Bertz CT molecular complexity index is 838. The van der Waals surface area contributed by atoms with Crippen LogP contribution in [-0.4, -0.2) is 43.0 Å². The standard InChI is InChI=1S/C19H23FN4S/c1-21-19(24(2)10-8-16-4-3-11-25-16)22-9-7-14-13-23-18-12-15(20)5-6-17(14)18/h3-6,11-13,23H,7-10H2,1-2H3,(H,21,22). The monoisotopic (exact) mass is 358 g/mol. The summed E-state index contributed by atoms with van der Waals surface area (Å²) in [6, 6.07) is 9.11. The van der Waals surface area contributed by atoms with Crippen LogP contribution in [0.25, 0.3) is 10.9 Å². The summed E-state index contributed by atoms with van der Waals surface area (Å²) in [5, 5.41) is 6.58. The normalized spacial score (nSPS) is 11.9. The Kier molecular flexibility index (Phi) is 5.71. The molecule has 0 amide bonds. The summed E-state index contributed by atoms with van der Waals surface area (Å²) in [6.07, 6.45) is 3.82. The minimum atomic E-state index is -0.216. The molecule has 0 aliphatic heterocycles. The van der Waals surface area contributed by atoms with Gasteiger partial charge < -0.3 is 15.2 Å². The molecule has 6 heteroatoms. The van der Waals surface area contributed by atoms with Gasteiger partial charge in [-0.2, -0.15) is 0 Å². The number of nitrogens with one attached hydrogen (secondary N) is 2. The molecule has 3 aromatic rings. The summed E-state index contributed by atoms with van der Waals surface area (Å²) in [5.74, 6) is 0.675. The van der Waals surface area contributed by atoms with Gasteiger partial charge in [0.1, 0.15) is 5.82 Å². The van der Waals surface area contributed by atoms with Gasteiger partial charge in [0.2, 0.25) is 0 Å². The quantitative estimate of drug-likeness (QED) is 0.522. The number of likely N-dealkylation sites (N-methyl/N-ethyl adjacent to an activating group) is 1. The van der Waals surface area contributed by atoms with E-state index in [1.54, 1.807) is 18.4 Å². The maximum Gasteiger partial charge on any atom is 0.193 e. The zero-order valence-electron chi connectivity index (χ0n) is 14.6. The smallest absolute Gasteiger partial charge is 0.193 e. The van der Waals surface area contributed by atoms with Crippen LogP contribution in [0.2, 0.25) is 0 Å². The second-order valence-corrected chi connectivity index (χ2v) is 7.01. The van der Waals surface area contributed by atoms with Gasteiger partial charge in [-0.05, 0) is 48.1 Å². The first kappa shape index (κ1) is 17.5. The Hall–Kier alpha value is -2.34. The van der Waals surface area contributed by atoms with Crippen molar-refractivity contribution < 1.29 is 4.39 Å². The molecule has 0 fully saturated rings. The van der Waals surface area contributed by atoms with Crippen molar-refractivity contribution in [2.24, 2.45) is 4.99 Å². The van der Waals surface area contributed by atoms with E-state index in [-0.39, 0.29) is 5.82 Å². The molecular formula is C19H23FN4S. The Morgan fingerprint density at radius 2 is 2.20 bits per heavy atom. The molecule has 3 rings (SSSR count). The second kappa shape index (κ2) is 8.16. The minimum absolute atomic E-state index is 0.216. The number of halogens is 1. The molecule has 132 valence electrons. The molecule has 0 bridgehead atoms. The number of nitrogens with zero attached hydrogens (tertiary/aromatic N) is 2. The number of hydrogen-bond acceptors (Lipinski definition) is 2. The highest BCUT2D eigenvalue weighted by molar-refractivity contribution is 7.09. The van der Waals surface area contributed by atoms with Crippen LogP contribution in [-0.2, 0) is 12.8 Å². The third-order valence-corrected chi connectivity index (χ3v) is 5.19. The maximum absolute atomic E-state index is 13.3. The molecule has 0 unspecified atom stereocenters. The van der Waals surface area contributed by atoms with E-state index in [1.807, 2.05) is 12.3 Å². The molecule has 0 aliphatic carbocycles. The van der Waals surface area contributed by atoms with Gasteiger partial charge in [-0.15, -0.1) is 11.3 Å². The maximum atomic E-state index is 13.3. The third-order valence-electron chi connectivity index (χ3n) is 4.25. The lowest BCUT2D eigenvalue weighted by atomic mass is 10.1. The fourth-order valence-corrected chi connectivity index (χ4v) is 3.60. The summed E-state index contributed by atoms with van der Waals surface area (Å²) in [4.78, 5) is 11.0. The number of rotatable bonds is 6. The first-order valence-electron chi connectivity index (χ1n) is 8.37. The lowest BCUT2D eigenvalue weighted by Gasteiger charge is -2.21. The first-order chi connectivity index (χ1) is 12.2. The number of thiophene rings is 1. The first-order valence-corrected chi connectivity index (χ1v) is 9.25. The van der Waals surface area contributed by atoms with E-state index < -0.39 is 0 Å². The van der Waals surface area contributed by atoms with Crippen molar-refractivity contribution in [2.45, 2.75) is 12.8 Å². The summed E-state index contributed by atoms with van der Waals surface area (Å²) in [6.45, 7) is 1.70. The molecule has 2 aromatic heterocycles. The van der Waals surface area contributed by atoms with Gasteiger partial charge in [-0.3, -0.25) is 4.99 Å². The molecule has 0 spiro atoms. The molecule has 2 heterocycles. The molecule has 0 saturated carbocycles. The lowest BCUT2D eigenvalue weighted by Crippen LogP contribution is -2.40. The van der Waals surface area contributed by atoms with Crippen LogP contribution in [0.3, 0.4) is 0 Å². The highest BCUT2D eigenvalue weighted by atomic mass is 32.1. The van der Waals surface area contributed by atoms with Gasteiger partial charge in [0.25, 0.3) is 0 Å². The second-order valence-electron chi connectivity index (χ2n) is 5.98. The molecule has 25 heavy (non-hydrogen) atoms. The fraction of sp³-hybridized carbons (Fsp3) is 0.316. The molecular weight excluding hydrogens is 335 g/mol. The third kappa shape index (κ3) is 4.39. The van der Waals surface area contributed by atoms with E-state index in [9.17, 15) is 4.39 Å². The van der Waals surface area contributed by atoms with Gasteiger partial charge in [-0.25, -0.2) is 4.39 Å². The van der Waals surface area contributed by atoms with Crippen LogP contribution in [0.1, 0.15) is 10.4 Å². The lowest BCUT2D eigenvalue weighted by molar-refractivity contribution is 0.487. The van der Waals surface area contributed by atoms with Crippen molar-refractivity contribution in [3.05, 3.63) is 58.2 Å². The largest absolute Gasteiger partial charge is 0.361 e. The zero-order chi connectivity index (χ0) is 17.6. The molecule has 1 aromatic carbocycles. The van der Waals surface area contributed by atoms with Gasteiger partial charge in [0.15, 0.2) is 5.96 Å². The highest BCUT2D eigenvalue weighted by Crippen LogP contribution is 2.19. The number of H-pyrrole nitrogens is 1. The number of guanidine groups is 1. The van der Waals surface area contributed by atoms with Crippen LogP contribution in [0.4, 0.5) is 4.39 Å². The predicted molar refractivity (Wildman–Crippen MR) is 104 cm³/mol. The molecule has 0 aliphatic rings. The summed E-state index contributed by atoms with van der Waals surface area (Å²) < 4.78 is 13.3. The predicted octanol–water partition coefficient (Wildman–Crippen LogP) is 3.66. The summed E-state index contributed by atoms with van der Waals surface area (Å²) in [5.41, 5.74) is 2.02. The van der Waals surface area contributed by atoms with Crippen molar-refractivity contribution in [3.8, 4) is 0 Å². The Labute approximate surface area is 151 Å². The van der Waals surface area contributed by atoms with Crippen molar-refractivity contribution in [3.63, 3.8) is 0 Å². The van der Waals surface area contributed by atoms with Crippen LogP contribution >= 0.6 is 11.3 Å². The van der Waals surface area contributed by atoms with Gasteiger partial charge in [0, 0.05) is 49.2 Å². The number of aromatic amines is 1. The van der Waals surface area contributed by atoms with Crippen LogP contribution < -0.4 is 5.32 Å².